The topological polar surface area (TPSA) is 59.4 Å². The third kappa shape index (κ3) is 3.91. The maximum atomic E-state index is 12.7. The standard InChI is InChI=1S/C18H30N4O2/c1-13(2)17-15(11-21(3)20-17)19-18(23)22-9-10-24-16(12-22)14-7-5-4-6-8-14/h11,13-14,16H,4-10,12H2,1-3H3,(H,19,23). The van der Waals surface area contributed by atoms with E-state index in [9.17, 15) is 4.79 Å². The number of anilines is 1. The number of carbonyl (C=O) groups excluding carboxylic acids is 1. The molecule has 0 bridgehead atoms. The molecule has 0 radical (unpaired) electrons. The summed E-state index contributed by atoms with van der Waals surface area (Å²) in [6.07, 6.45) is 8.48. The minimum Gasteiger partial charge on any atom is -0.374 e. The van der Waals surface area contributed by atoms with Gasteiger partial charge in [-0.3, -0.25) is 4.68 Å². The Kier molecular flexibility index (Phi) is 5.43. The number of aryl methyl sites for hydroxylation is 1. The van der Waals surface area contributed by atoms with Crippen LogP contribution in [0.1, 0.15) is 57.6 Å². The lowest BCUT2D eigenvalue weighted by molar-refractivity contribution is -0.0511. The monoisotopic (exact) mass is 334 g/mol. The van der Waals surface area contributed by atoms with Gasteiger partial charge in [0.15, 0.2) is 0 Å². The zero-order valence-corrected chi connectivity index (χ0v) is 15.1. The smallest absolute Gasteiger partial charge is 0.322 e. The van der Waals surface area contributed by atoms with E-state index in [1.807, 2.05) is 18.1 Å². The molecule has 6 heteroatoms. The van der Waals surface area contributed by atoms with Crippen LogP contribution in [0.3, 0.4) is 0 Å². The summed E-state index contributed by atoms with van der Waals surface area (Å²) >= 11 is 0. The summed E-state index contributed by atoms with van der Waals surface area (Å²) in [6, 6.07) is -0.0333. The highest BCUT2D eigenvalue weighted by molar-refractivity contribution is 5.90. The molecule has 1 aromatic rings. The lowest BCUT2D eigenvalue weighted by atomic mass is 9.84. The molecule has 1 atom stereocenters. The van der Waals surface area contributed by atoms with Crippen molar-refractivity contribution in [1.29, 1.82) is 0 Å². The zero-order chi connectivity index (χ0) is 17.1. The van der Waals surface area contributed by atoms with Crippen molar-refractivity contribution >= 4 is 11.7 Å². The Morgan fingerprint density at radius 3 is 2.79 bits per heavy atom. The van der Waals surface area contributed by atoms with Crippen molar-refractivity contribution in [3.05, 3.63) is 11.9 Å². The van der Waals surface area contributed by atoms with E-state index >= 15 is 0 Å². The molecule has 1 unspecified atom stereocenters. The predicted molar refractivity (Wildman–Crippen MR) is 94.2 cm³/mol. The first-order valence-electron chi connectivity index (χ1n) is 9.25. The second-order valence-electron chi connectivity index (χ2n) is 7.44. The van der Waals surface area contributed by atoms with Crippen LogP contribution in [-0.2, 0) is 11.8 Å². The lowest BCUT2D eigenvalue weighted by Gasteiger charge is -2.38. The van der Waals surface area contributed by atoms with Crippen molar-refractivity contribution in [2.45, 2.75) is 58.0 Å². The quantitative estimate of drug-likeness (QED) is 0.922. The third-order valence-corrected chi connectivity index (χ3v) is 5.20. The number of hydrogen-bond acceptors (Lipinski definition) is 3. The van der Waals surface area contributed by atoms with E-state index in [-0.39, 0.29) is 18.1 Å². The number of amides is 2. The molecule has 0 spiro atoms. The van der Waals surface area contributed by atoms with Crippen LogP contribution >= 0.6 is 0 Å². The number of urea groups is 1. The summed E-state index contributed by atoms with van der Waals surface area (Å²) < 4.78 is 7.74. The second-order valence-corrected chi connectivity index (χ2v) is 7.44. The fourth-order valence-corrected chi connectivity index (χ4v) is 3.87. The molecular formula is C18H30N4O2. The zero-order valence-electron chi connectivity index (χ0n) is 15.1. The van der Waals surface area contributed by atoms with Crippen molar-refractivity contribution < 1.29 is 9.53 Å². The Hall–Kier alpha value is -1.56. The molecule has 1 saturated heterocycles. The highest BCUT2D eigenvalue weighted by Gasteiger charge is 2.31. The molecule has 2 fully saturated rings. The molecule has 3 rings (SSSR count). The van der Waals surface area contributed by atoms with Crippen LogP contribution in [0.4, 0.5) is 10.5 Å². The Balaban J connectivity index is 1.62. The molecular weight excluding hydrogens is 304 g/mol. The summed E-state index contributed by atoms with van der Waals surface area (Å²) in [5.74, 6) is 0.889. The van der Waals surface area contributed by atoms with E-state index in [2.05, 4.69) is 24.3 Å². The van der Waals surface area contributed by atoms with E-state index in [1.165, 1.54) is 32.1 Å². The van der Waals surface area contributed by atoms with Gasteiger partial charge in [0.1, 0.15) is 0 Å². The van der Waals surface area contributed by atoms with Crippen LogP contribution < -0.4 is 5.32 Å². The number of hydrogen-bond donors (Lipinski definition) is 1. The fourth-order valence-electron chi connectivity index (χ4n) is 3.87. The molecule has 2 heterocycles. The third-order valence-electron chi connectivity index (χ3n) is 5.20. The second kappa shape index (κ2) is 7.55. The average Bonchev–Trinajstić information content (AvgIpc) is 2.96. The fraction of sp³-hybridized carbons (Fsp3) is 0.778. The summed E-state index contributed by atoms with van der Waals surface area (Å²) in [4.78, 5) is 14.6. The van der Waals surface area contributed by atoms with Crippen LogP contribution in [0.15, 0.2) is 6.20 Å². The van der Waals surface area contributed by atoms with Gasteiger partial charge in [0.25, 0.3) is 0 Å². The molecule has 1 N–H and O–H groups in total. The normalized spacial score (nSPS) is 22.8. The van der Waals surface area contributed by atoms with E-state index < -0.39 is 0 Å². The number of morpholine rings is 1. The number of ether oxygens (including phenoxy) is 1. The van der Waals surface area contributed by atoms with Gasteiger partial charge in [-0.25, -0.2) is 4.79 Å². The highest BCUT2D eigenvalue weighted by atomic mass is 16.5. The van der Waals surface area contributed by atoms with Crippen molar-refractivity contribution in [3.8, 4) is 0 Å². The SMILES string of the molecule is CC(C)c1nn(C)cc1NC(=O)N1CCOC(C2CCCCC2)C1. The largest absolute Gasteiger partial charge is 0.374 e. The average molecular weight is 334 g/mol. The summed E-state index contributed by atoms with van der Waals surface area (Å²) in [5.41, 5.74) is 1.75. The van der Waals surface area contributed by atoms with Gasteiger partial charge in [-0.1, -0.05) is 33.1 Å². The summed E-state index contributed by atoms with van der Waals surface area (Å²) in [6.45, 7) is 6.18. The Morgan fingerprint density at radius 1 is 1.33 bits per heavy atom. The Bertz CT molecular complexity index is 563. The molecule has 2 amide bonds. The van der Waals surface area contributed by atoms with Crippen LogP contribution in [-0.4, -0.2) is 46.5 Å². The van der Waals surface area contributed by atoms with Crippen LogP contribution in [0.2, 0.25) is 0 Å². The molecule has 1 aliphatic carbocycles. The van der Waals surface area contributed by atoms with E-state index in [4.69, 9.17) is 4.74 Å². The first-order valence-corrected chi connectivity index (χ1v) is 9.25. The van der Waals surface area contributed by atoms with Gasteiger partial charge in [-0.2, -0.15) is 5.10 Å². The maximum Gasteiger partial charge on any atom is 0.322 e. The summed E-state index contributed by atoms with van der Waals surface area (Å²) in [5, 5.41) is 7.51. The predicted octanol–water partition coefficient (Wildman–Crippen LogP) is 3.36. The minimum absolute atomic E-state index is 0.0333. The summed E-state index contributed by atoms with van der Waals surface area (Å²) in [7, 11) is 1.88. The van der Waals surface area contributed by atoms with Crippen LogP contribution in [0.25, 0.3) is 0 Å². The molecule has 1 saturated carbocycles. The van der Waals surface area contributed by atoms with Crippen molar-refractivity contribution in [1.82, 2.24) is 14.7 Å². The molecule has 0 aromatic carbocycles. The lowest BCUT2D eigenvalue weighted by Crippen LogP contribution is -2.50. The van der Waals surface area contributed by atoms with E-state index in [0.717, 1.165) is 11.4 Å². The number of aromatic nitrogens is 2. The molecule has 1 aliphatic heterocycles. The van der Waals surface area contributed by atoms with Gasteiger partial charge in [0.2, 0.25) is 0 Å². The van der Waals surface area contributed by atoms with Gasteiger partial charge in [-0.15, -0.1) is 0 Å². The van der Waals surface area contributed by atoms with Gasteiger partial charge >= 0.3 is 6.03 Å². The van der Waals surface area contributed by atoms with E-state index in [0.29, 0.717) is 25.6 Å². The number of carbonyl (C=O) groups is 1. The van der Waals surface area contributed by atoms with Crippen LogP contribution in [0.5, 0.6) is 0 Å². The van der Waals surface area contributed by atoms with Gasteiger partial charge in [-0.05, 0) is 24.7 Å². The molecule has 2 aliphatic rings. The molecule has 1 aromatic heterocycles. The number of nitrogens with zero attached hydrogens (tertiary/aromatic N) is 3. The van der Waals surface area contributed by atoms with Crippen molar-refractivity contribution in [2.75, 3.05) is 25.0 Å². The number of rotatable bonds is 3. The van der Waals surface area contributed by atoms with Gasteiger partial charge < -0.3 is 15.0 Å². The first-order chi connectivity index (χ1) is 11.5. The van der Waals surface area contributed by atoms with Gasteiger partial charge in [0.05, 0.1) is 24.1 Å². The molecule has 6 nitrogen and oxygen atoms in total. The molecule has 24 heavy (non-hydrogen) atoms. The highest BCUT2D eigenvalue weighted by Crippen LogP contribution is 2.30. The molecule has 134 valence electrons. The first kappa shape index (κ1) is 17.3. The maximum absolute atomic E-state index is 12.7. The minimum atomic E-state index is -0.0333. The van der Waals surface area contributed by atoms with Crippen LogP contribution in [0, 0.1) is 5.92 Å². The number of nitrogens with one attached hydrogen (secondary N) is 1. The van der Waals surface area contributed by atoms with E-state index in [1.54, 1.807) is 4.68 Å². The van der Waals surface area contributed by atoms with Crippen molar-refractivity contribution in [2.24, 2.45) is 13.0 Å². The van der Waals surface area contributed by atoms with Gasteiger partial charge in [0, 0.05) is 26.3 Å². The van der Waals surface area contributed by atoms with Crippen molar-refractivity contribution in [3.63, 3.8) is 0 Å². The Labute approximate surface area is 144 Å². The Morgan fingerprint density at radius 2 is 2.08 bits per heavy atom.